The van der Waals surface area contributed by atoms with Gasteiger partial charge in [-0.05, 0) is 43.2 Å². The lowest BCUT2D eigenvalue weighted by molar-refractivity contribution is -0.140. The molecule has 1 saturated carbocycles. The summed E-state index contributed by atoms with van der Waals surface area (Å²) < 4.78 is 4.66. The summed E-state index contributed by atoms with van der Waals surface area (Å²) in [6.07, 6.45) is 6.72. The normalized spacial score (nSPS) is 17.5. The van der Waals surface area contributed by atoms with E-state index in [0.717, 1.165) is 18.9 Å². The van der Waals surface area contributed by atoms with E-state index >= 15 is 0 Å². The van der Waals surface area contributed by atoms with Gasteiger partial charge in [0.15, 0.2) is 0 Å². The number of methoxy groups -OCH3 is 1. The molecule has 0 radical (unpaired) electrons. The first-order chi connectivity index (χ1) is 9.31. The van der Waals surface area contributed by atoms with Crippen molar-refractivity contribution >= 4 is 17.3 Å². The SMILES string of the molecule is COC(=O)CCCNC(c1cccs1)C1CCCC1. The molecule has 1 unspecified atom stereocenters. The van der Waals surface area contributed by atoms with Crippen LogP contribution in [0.1, 0.15) is 49.4 Å². The van der Waals surface area contributed by atoms with Gasteiger partial charge in [0, 0.05) is 17.3 Å². The van der Waals surface area contributed by atoms with E-state index in [2.05, 4.69) is 27.6 Å². The third-order valence-electron chi connectivity index (χ3n) is 3.87. The molecule has 1 aliphatic carbocycles. The zero-order chi connectivity index (χ0) is 13.5. The van der Waals surface area contributed by atoms with Gasteiger partial charge in [-0.2, -0.15) is 0 Å². The molecule has 1 aliphatic rings. The van der Waals surface area contributed by atoms with Crippen molar-refractivity contribution < 1.29 is 9.53 Å². The van der Waals surface area contributed by atoms with E-state index in [9.17, 15) is 4.79 Å². The van der Waals surface area contributed by atoms with Crippen LogP contribution in [-0.2, 0) is 9.53 Å². The first kappa shape index (κ1) is 14.5. The fourth-order valence-electron chi connectivity index (χ4n) is 2.85. The summed E-state index contributed by atoms with van der Waals surface area (Å²) in [6, 6.07) is 4.82. The molecule has 1 N–H and O–H groups in total. The van der Waals surface area contributed by atoms with Crippen LogP contribution >= 0.6 is 11.3 Å². The second-order valence-electron chi connectivity index (χ2n) is 5.17. The smallest absolute Gasteiger partial charge is 0.305 e. The topological polar surface area (TPSA) is 38.3 Å². The molecule has 0 bridgehead atoms. The van der Waals surface area contributed by atoms with Crippen LogP contribution in [0.2, 0.25) is 0 Å². The van der Waals surface area contributed by atoms with Gasteiger partial charge in [-0.25, -0.2) is 0 Å². The number of carbonyl (C=O) groups excluding carboxylic acids is 1. The Bertz CT molecular complexity index is 372. The minimum atomic E-state index is -0.115. The molecule has 4 heteroatoms. The lowest BCUT2D eigenvalue weighted by Crippen LogP contribution is -2.27. The average Bonchev–Trinajstić information content (AvgIpc) is 3.11. The molecule has 0 spiro atoms. The largest absolute Gasteiger partial charge is 0.469 e. The zero-order valence-corrected chi connectivity index (χ0v) is 12.4. The number of carbonyl (C=O) groups is 1. The van der Waals surface area contributed by atoms with Gasteiger partial charge in [0.1, 0.15) is 0 Å². The van der Waals surface area contributed by atoms with Crippen molar-refractivity contribution in [3.8, 4) is 0 Å². The van der Waals surface area contributed by atoms with Crippen LogP contribution in [0.15, 0.2) is 17.5 Å². The molecule has 1 aromatic heterocycles. The highest BCUT2D eigenvalue weighted by Crippen LogP contribution is 2.37. The van der Waals surface area contributed by atoms with Gasteiger partial charge in [-0.15, -0.1) is 11.3 Å². The van der Waals surface area contributed by atoms with Crippen molar-refractivity contribution in [2.24, 2.45) is 5.92 Å². The van der Waals surface area contributed by atoms with Crippen molar-refractivity contribution in [1.29, 1.82) is 0 Å². The van der Waals surface area contributed by atoms with Crippen molar-refractivity contribution in [3.05, 3.63) is 22.4 Å². The van der Waals surface area contributed by atoms with Crippen LogP contribution in [0.5, 0.6) is 0 Å². The lowest BCUT2D eigenvalue weighted by Gasteiger charge is -2.23. The summed E-state index contributed by atoms with van der Waals surface area (Å²) >= 11 is 1.83. The molecular weight excluding hydrogens is 258 g/mol. The second kappa shape index (κ2) is 7.65. The molecule has 1 aromatic rings. The molecule has 19 heavy (non-hydrogen) atoms. The molecule has 3 nitrogen and oxygen atoms in total. The quantitative estimate of drug-likeness (QED) is 0.614. The first-order valence-corrected chi connectivity index (χ1v) is 8.03. The van der Waals surface area contributed by atoms with E-state index in [1.165, 1.54) is 37.7 Å². The van der Waals surface area contributed by atoms with Crippen molar-refractivity contribution in [3.63, 3.8) is 0 Å². The van der Waals surface area contributed by atoms with E-state index in [-0.39, 0.29) is 5.97 Å². The predicted octanol–water partition coefficient (Wildman–Crippen LogP) is 3.52. The van der Waals surface area contributed by atoms with Gasteiger partial charge in [0.2, 0.25) is 0 Å². The third-order valence-corrected chi connectivity index (χ3v) is 4.83. The molecule has 106 valence electrons. The minimum Gasteiger partial charge on any atom is -0.469 e. The number of ether oxygens (including phenoxy) is 1. The fraction of sp³-hybridized carbons (Fsp3) is 0.667. The van der Waals surface area contributed by atoms with Gasteiger partial charge in [-0.1, -0.05) is 18.9 Å². The van der Waals surface area contributed by atoms with E-state index in [1.54, 1.807) is 0 Å². The van der Waals surface area contributed by atoms with Crippen LogP contribution in [0.4, 0.5) is 0 Å². The molecule has 2 rings (SSSR count). The summed E-state index contributed by atoms with van der Waals surface area (Å²) in [5, 5.41) is 5.79. The summed E-state index contributed by atoms with van der Waals surface area (Å²) in [5.74, 6) is 0.645. The second-order valence-corrected chi connectivity index (χ2v) is 6.15. The third kappa shape index (κ3) is 4.32. The summed E-state index contributed by atoms with van der Waals surface area (Å²) in [4.78, 5) is 12.5. The molecular formula is C15H23NO2S. The summed E-state index contributed by atoms with van der Waals surface area (Å²) in [7, 11) is 1.45. The van der Waals surface area contributed by atoms with E-state index in [1.807, 2.05) is 11.3 Å². The maximum Gasteiger partial charge on any atom is 0.305 e. The van der Waals surface area contributed by atoms with Crippen LogP contribution in [0.25, 0.3) is 0 Å². The highest BCUT2D eigenvalue weighted by molar-refractivity contribution is 7.10. The molecule has 0 saturated heterocycles. The highest BCUT2D eigenvalue weighted by atomic mass is 32.1. The van der Waals surface area contributed by atoms with E-state index in [4.69, 9.17) is 0 Å². The summed E-state index contributed by atoms with van der Waals surface area (Å²) in [5.41, 5.74) is 0. The number of esters is 1. The summed E-state index contributed by atoms with van der Waals surface area (Å²) in [6.45, 7) is 0.883. The van der Waals surface area contributed by atoms with Gasteiger partial charge in [0.05, 0.1) is 7.11 Å². The van der Waals surface area contributed by atoms with Crippen molar-refractivity contribution in [1.82, 2.24) is 5.32 Å². The average molecular weight is 281 g/mol. The predicted molar refractivity (Wildman–Crippen MR) is 78.3 cm³/mol. The Morgan fingerprint density at radius 1 is 1.53 bits per heavy atom. The standard InChI is InChI=1S/C15H23NO2S/c1-18-14(17)9-4-10-16-15(12-6-2-3-7-12)13-8-5-11-19-13/h5,8,11-12,15-16H,2-4,6-7,9-10H2,1H3. The zero-order valence-electron chi connectivity index (χ0n) is 11.6. The van der Waals surface area contributed by atoms with Gasteiger partial charge < -0.3 is 10.1 Å². The number of hydrogen-bond acceptors (Lipinski definition) is 4. The van der Waals surface area contributed by atoms with Gasteiger partial charge in [0.25, 0.3) is 0 Å². The van der Waals surface area contributed by atoms with Gasteiger partial charge in [-0.3, -0.25) is 4.79 Å². The van der Waals surface area contributed by atoms with Gasteiger partial charge >= 0.3 is 5.97 Å². The Morgan fingerprint density at radius 2 is 2.32 bits per heavy atom. The number of thiophene rings is 1. The lowest BCUT2D eigenvalue weighted by atomic mass is 9.96. The maximum atomic E-state index is 11.1. The molecule has 1 fully saturated rings. The highest BCUT2D eigenvalue weighted by Gasteiger charge is 2.26. The Kier molecular flexibility index (Phi) is 5.86. The maximum absolute atomic E-state index is 11.1. The van der Waals surface area contributed by atoms with E-state index in [0.29, 0.717) is 12.5 Å². The Labute approximate surface area is 119 Å². The Hall–Kier alpha value is -0.870. The minimum absolute atomic E-state index is 0.115. The van der Waals surface area contributed by atoms with E-state index < -0.39 is 0 Å². The monoisotopic (exact) mass is 281 g/mol. The van der Waals surface area contributed by atoms with Crippen molar-refractivity contribution in [2.45, 2.75) is 44.6 Å². The van der Waals surface area contributed by atoms with Crippen molar-refractivity contribution in [2.75, 3.05) is 13.7 Å². The molecule has 0 aromatic carbocycles. The number of rotatable bonds is 7. The number of hydrogen-bond donors (Lipinski definition) is 1. The van der Waals surface area contributed by atoms with Crippen LogP contribution < -0.4 is 5.32 Å². The van der Waals surface area contributed by atoms with Crippen LogP contribution in [0, 0.1) is 5.92 Å². The molecule has 1 atom stereocenters. The van der Waals surface area contributed by atoms with Crippen LogP contribution in [0.3, 0.4) is 0 Å². The van der Waals surface area contributed by atoms with Crippen LogP contribution in [-0.4, -0.2) is 19.6 Å². The number of nitrogens with one attached hydrogen (secondary N) is 1. The fourth-order valence-corrected chi connectivity index (χ4v) is 3.74. The molecule has 0 amide bonds. The molecule has 1 heterocycles. The molecule has 0 aliphatic heterocycles. The Morgan fingerprint density at radius 3 is 2.95 bits per heavy atom. The Balaban J connectivity index is 1.82. The first-order valence-electron chi connectivity index (χ1n) is 7.15.